The van der Waals surface area contributed by atoms with Crippen molar-refractivity contribution in [3.8, 4) is 6.07 Å². The van der Waals surface area contributed by atoms with Gasteiger partial charge in [0, 0.05) is 47.0 Å². The molecular formula is C23H19N5O3S2. The van der Waals surface area contributed by atoms with Crippen LogP contribution in [0.3, 0.4) is 0 Å². The van der Waals surface area contributed by atoms with Crippen LogP contribution in [0.25, 0.3) is 17.0 Å². The molecule has 0 aliphatic heterocycles. The number of amides is 1. The molecule has 2 aromatic carbocycles. The molecule has 2 aromatic heterocycles. The lowest BCUT2D eigenvalue weighted by atomic mass is 10.1. The molecule has 10 heteroatoms. The van der Waals surface area contributed by atoms with Crippen molar-refractivity contribution in [3.05, 3.63) is 77.0 Å². The number of nitrogens with one attached hydrogen (secondary N) is 1. The van der Waals surface area contributed by atoms with Gasteiger partial charge in [-0.2, -0.15) is 14.6 Å². The highest BCUT2D eigenvalue weighted by Gasteiger charge is 2.18. The summed E-state index contributed by atoms with van der Waals surface area (Å²) in [6, 6.07) is 17.9. The third-order valence-electron chi connectivity index (χ3n) is 4.92. The summed E-state index contributed by atoms with van der Waals surface area (Å²) in [6.45, 7) is 2.68. The number of aryl methyl sites for hydroxylation is 1. The first-order valence-corrected chi connectivity index (χ1v) is 12.5. The molecule has 0 spiro atoms. The number of sulfone groups is 1. The third kappa shape index (κ3) is 5.00. The number of carbonyl (C=O) groups excluding carboxylic acids is 1. The van der Waals surface area contributed by atoms with E-state index in [0.717, 1.165) is 39.8 Å². The molecule has 0 aliphatic rings. The predicted octanol–water partition coefficient (Wildman–Crippen LogP) is 3.80. The SMILES string of the molecule is Cc1ccc(Cn2cc(/C=C(/C#N)C(=O)Nc3nc(S(C)(=O)=O)ns3)c3ccccc32)cc1. The Balaban J connectivity index is 1.65. The zero-order valence-electron chi connectivity index (χ0n) is 17.8. The summed E-state index contributed by atoms with van der Waals surface area (Å²) in [6.07, 6.45) is 4.40. The van der Waals surface area contributed by atoms with E-state index in [-0.39, 0.29) is 15.9 Å². The lowest BCUT2D eigenvalue weighted by Gasteiger charge is -2.06. The zero-order valence-corrected chi connectivity index (χ0v) is 19.4. The number of carbonyl (C=O) groups is 1. The van der Waals surface area contributed by atoms with E-state index in [9.17, 15) is 18.5 Å². The van der Waals surface area contributed by atoms with Crippen molar-refractivity contribution in [1.29, 1.82) is 5.26 Å². The Labute approximate surface area is 194 Å². The maximum Gasteiger partial charge on any atom is 0.268 e. The molecule has 166 valence electrons. The number of anilines is 1. The summed E-state index contributed by atoms with van der Waals surface area (Å²) in [5.74, 6) is -0.691. The molecule has 8 nitrogen and oxygen atoms in total. The topological polar surface area (TPSA) is 118 Å². The van der Waals surface area contributed by atoms with Crippen molar-refractivity contribution in [2.45, 2.75) is 18.6 Å². The van der Waals surface area contributed by atoms with Crippen LogP contribution >= 0.6 is 11.5 Å². The number of benzene rings is 2. The molecule has 0 bridgehead atoms. The van der Waals surface area contributed by atoms with Gasteiger partial charge in [0.1, 0.15) is 11.6 Å². The second-order valence-electron chi connectivity index (χ2n) is 7.49. The summed E-state index contributed by atoms with van der Waals surface area (Å²) in [5.41, 5.74) is 3.88. The highest BCUT2D eigenvalue weighted by Crippen LogP contribution is 2.25. The fourth-order valence-electron chi connectivity index (χ4n) is 3.29. The Hall–Kier alpha value is -3.81. The van der Waals surface area contributed by atoms with Gasteiger partial charge >= 0.3 is 0 Å². The van der Waals surface area contributed by atoms with Gasteiger partial charge in [-0.15, -0.1) is 0 Å². The van der Waals surface area contributed by atoms with E-state index in [2.05, 4.69) is 43.5 Å². The zero-order chi connectivity index (χ0) is 23.6. The molecule has 0 saturated carbocycles. The first-order valence-electron chi connectivity index (χ1n) is 9.85. The standard InChI is InChI=1S/C23H19N5O3S2/c1-15-7-9-16(10-8-15)13-28-14-18(19-5-3-4-6-20(19)28)11-17(12-24)21(29)25-22-26-23(27-32-22)33(2,30)31/h3-11,14H,13H2,1-2H3,(H,25,26,27,29)/b17-11-. The van der Waals surface area contributed by atoms with E-state index in [0.29, 0.717) is 6.54 Å². The fraction of sp³-hybridized carbons (Fsp3) is 0.130. The van der Waals surface area contributed by atoms with Crippen LogP contribution in [0, 0.1) is 18.3 Å². The number of rotatable bonds is 6. The molecule has 1 N–H and O–H groups in total. The van der Waals surface area contributed by atoms with Crippen LogP contribution in [0.5, 0.6) is 0 Å². The number of aromatic nitrogens is 3. The quantitative estimate of drug-likeness (QED) is 0.333. The number of para-hydroxylation sites is 1. The minimum absolute atomic E-state index is 0.00312. The minimum Gasteiger partial charge on any atom is -0.342 e. The minimum atomic E-state index is -3.59. The first-order chi connectivity index (χ1) is 15.7. The summed E-state index contributed by atoms with van der Waals surface area (Å²) in [5, 5.41) is 12.6. The van der Waals surface area contributed by atoms with Gasteiger partial charge in [-0.25, -0.2) is 8.42 Å². The van der Waals surface area contributed by atoms with Crippen LogP contribution < -0.4 is 5.32 Å². The molecule has 0 radical (unpaired) electrons. The number of hydrogen-bond donors (Lipinski definition) is 1. The van der Waals surface area contributed by atoms with Crippen LogP contribution in [0.15, 0.2) is 65.5 Å². The molecule has 4 aromatic rings. The van der Waals surface area contributed by atoms with Crippen molar-refractivity contribution in [1.82, 2.24) is 13.9 Å². The number of nitrogens with zero attached hydrogens (tertiary/aromatic N) is 4. The average molecular weight is 478 g/mol. The maximum atomic E-state index is 12.7. The van der Waals surface area contributed by atoms with Gasteiger partial charge in [-0.05, 0) is 24.6 Å². The van der Waals surface area contributed by atoms with Gasteiger partial charge in [0.2, 0.25) is 15.0 Å². The maximum absolute atomic E-state index is 12.7. The smallest absolute Gasteiger partial charge is 0.268 e. The van der Waals surface area contributed by atoms with Crippen molar-refractivity contribution in [2.75, 3.05) is 11.6 Å². The Morgan fingerprint density at radius 2 is 1.94 bits per heavy atom. The van der Waals surface area contributed by atoms with Crippen LogP contribution in [0.2, 0.25) is 0 Å². The van der Waals surface area contributed by atoms with Gasteiger partial charge in [-0.3, -0.25) is 10.1 Å². The fourth-order valence-corrected chi connectivity index (χ4v) is 4.73. The van der Waals surface area contributed by atoms with E-state index < -0.39 is 15.7 Å². The van der Waals surface area contributed by atoms with Crippen molar-refractivity contribution < 1.29 is 13.2 Å². The molecule has 0 atom stereocenters. The third-order valence-corrected chi connectivity index (χ3v) is 6.51. The Morgan fingerprint density at radius 1 is 1.21 bits per heavy atom. The molecule has 0 saturated heterocycles. The number of fused-ring (bicyclic) bond motifs is 1. The van der Waals surface area contributed by atoms with Gasteiger partial charge in [-0.1, -0.05) is 48.0 Å². The molecule has 33 heavy (non-hydrogen) atoms. The van der Waals surface area contributed by atoms with Crippen molar-refractivity contribution in [3.63, 3.8) is 0 Å². The van der Waals surface area contributed by atoms with E-state index in [4.69, 9.17) is 0 Å². The molecule has 0 fully saturated rings. The highest BCUT2D eigenvalue weighted by atomic mass is 32.2. The first kappa shape index (κ1) is 22.4. The molecule has 1 amide bonds. The Morgan fingerprint density at radius 3 is 2.61 bits per heavy atom. The molecule has 0 unspecified atom stereocenters. The molecule has 4 rings (SSSR count). The number of hydrogen-bond acceptors (Lipinski definition) is 7. The molecular weight excluding hydrogens is 458 g/mol. The van der Waals surface area contributed by atoms with Crippen LogP contribution in [-0.4, -0.2) is 34.5 Å². The predicted molar refractivity (Wildman–Crippen MR) is 127 cm³/mol. The summed E-state index contributed by atoms with van der Waals surface area (Å²) in [7, 11) is -3.59. The van der Waals surface area contributed by atoms with E-state index in [1.165, 1.54) is 11.6 Å². The lowest BCUT2D eigenvalue weighted by molar-refractivity contribution is -0.112. The van der Waals surface area contributed by atoms with Crippen LogP contribution in [0.1, 0.15) is 16.7 Å². The summed E-state index contributed by atoms with van der Waals surface area (Å²) < 4.78 is 28.9. The van der Waals surface area contributed by atoms with Crippen molar-refractivity contribution in [2.24, 2.45) is 0 Å². The lowest BCUT2D eigenvalue weighted by Crippen LogP contribution is -2.13. The van der Waals surface area contributed by atoms with E-state index in [1.54, 1.807) is 0 Å². The Kier molecular flexibility index (Phi) is 6.09. The average Bonchev–Trinajstić information content (AvgIpc) is 3.39. The molecule has 2 heterocycles. The summed E-state index contributed by atoms with van der Waals surface area (Å²) >= 11 is 0.735. The summed E-state index contributed by atoms with van der Waals surface area (Å²) in [4.78, 5) is 16.5. The monoisotopic (exact) mass is 477 g/mol. The number of nitriles is 1. The van der Waals surface area contributed by atoms with Crippen LogP contribution in [0.4, 0.5) is 5.13 Å². The highest BCUT2D eigenvalue weighted by molar-refractivity contribution is 7.90. The van der Waals surface area contributed by atoms with Gasteiger partial charge in [0.25, 0.3) is 11.1 Å². The second kappa shape index (κ2) is 8.97. The van der Waals surface area contributed by atoms with Crippen molar-refractivity contribution >= 4 is 49.4 Å². The van der Waals surface area contributed by atoms with E-state index in [1.807, 2.05) is 43.5 Å². The largest absolute Gasteiger partial charge is 0.342 e. The van der Waals surface area contributed by atoms with E-state index >= 15 is 0 Å². The van der Waals surface area contributed by atoms with Gasteiger partial charge in [0.05, 0.1) is 0 Å². The normalized spacial score (nSPS) is 12.0. The van der Waals surface area contributed by atoms with Crippen LogP contribution in [-0.2, 0) is 21.2 Å². The second-order valence-corrected chi connectivity index (χ2v) is 10.2. The molecule has 0 aliphatic carbocycles. The Bertz CT molecular complexity index is 1520. The van der Waals surface area contributed by atoms with Gasteiger partial charge in [0.15, 0.2) is 0 Å². The van der Waals surface area contributed by atoms with Gasteiger partial charge < -0.3 is 4.57 Å².